The predicted molar refractivity (Wildman–Crippen MR) is 106 cm³/mol. The molecule has 0 fully saturated rings. The number of aryl methyl sites for hydroxylation is 3. The quantitative estimate of drug-likeness (QED) is 0.710. The van der Waals surface area contributed by atoms with Gasteiger partial charge < -0.3 is 10.1 Å². The van der Waals surface area contributed by atoms with Crippen LogP contribution in [-0.4, -0.2) is 24.3 Å². The van der Waals surface area contributed by atoms with Gasteiger partial charge in [-0.2, -0.15) is 11.8 Å². The van der Waals surface area contributed by atoms with Gasteiger partial charge in [0.1, 0.15) is 5.75 Å². The predicted octanol–water partition coefficient (Wildman–Crippen LogP) is 4.43. The average Bonchev–Trinajstić information content (AvgIpc) is 2.59. The van der Waals surface area contributed by atoms with Crippen molar-refractivity contribution in [2.24, 2.45) is 0 Å². The van der Waals surface area contributed by atoms with Crippen LogP contribution < -0.4 is 10.1 Å². The Kier molecular flexibility index (Phi) is 7.38. The molecule has 2 aromatic rings. The molecule has 0 aliphatic heterocycles. The van der Waals surface area contributed by atoms with Crippen LogP contribution in [0.15, 0.2) is 42.5 Å². The van der Waals surface area contributed by atoms with Crippen LogP contribution in [0.1, 0.15) is 29.2 Å². The molecule has 4 heteroatoms. The van der Waals surface area contributed by atoms with Crippen LogP contribution in [0.3, 0.4) is 0 Å². The summed E-state index contributed by atoms with van der Waals surface area (Å²) < 4.78 is 5.74. The van der Waals surface area contributed by atoms with E-state index in [-0.39, 0.29) is 5.91 Å². The Morgan fingerprint density at radius 3 is 2.56 bits per heavy atom. The minimum atomic E-state index is -0.497. The average molecular weight is 358 g/mol. The fourth-order valence-corrected chi connectivity index (χ4v) is 3.32. The van der Waals surface area contributed by atoms with Gasteiger partial charge in [-0.1, -0.05) is 30.3 Å². The van der Waals surface area contributed by atoms with E-state index < -0.39 is 6.10 Å². The molecule has 2 rings (SSSR count). The number of amides is 1. The van der Waals surface area contributed by atoms with Crippen LogP contribution in [0.4, 0.5) is 0 Å². The van der Waals surface area contributed by atoms with Gasteiger partial charge in [0.05, 0.1) is 0 Å². The second kappa shape index (κ2) is 9.52. The number of carbonyl (C=O) groups excluding carboxylic acids is 1. The van der Waals surface area contributed by atoms with E-state index in [0.29, 0.717) is 6.54 Å². The smallest absolute Gasteiger partial charge is 0.260 e. The number of carbonyl (C=O) groups is 1. The molecule has 2 aromatic carbocycles. The van der Waals surface area contributed by atoms with Crippen molar-refractivity contribution in [3.8, 4) is 5.75 Å². The summed E-state index contributed by atoms with van der Waals surface area (Å²) in [6, 6.07) is 14.3. The lowest BCUT2D eigenvalue weighted by Gasteiger charge is -2.15. The van der Waals surface area contributed by atoms with Gasteiger partial charge in [-0.15, -0.1) is 0 Å². The third kappa shape index (κ3) is 6.13. The van der Waals surface area contributed by atoms with Crippen LogP contribution >= 0.6 is 11.8 Å². The zero-order valence-corrected chi connectivity index (χ0v) is 16.3. The van der Waals surface area contributed by atoms with Crippen LogP contribution in [0.25, 0.3) is 0 Å². The largest absolute Gasteiger partial charge is 0.481 e. The lowest BCUT2D eigenvalue weighted by atomic mass is 10.1. The molecule has 1 amide bonds. The fourth-order valence-electron chi connectivity index (χ4n) is 2.39. The Bertz CT molecular complexity index is 715. The molecular formula is C21H27NO2S. The Morgan fingerprint density at radius 2 is 1.84 bits per heavy atom. The Labute approximate surface area is 155 Å². The van der Waals surface area contributed by atoms with Gasteiger partial charge in [0.15, 0.2) is 6.10 Å². The van der Waals surface area contributed by atoms with Crippen molar-refractivity contribution < 1.29 is 9.53 Å². The molecule has 0 heterocycles. The summed E-state index contributed by atoms with van der Waals surface area (Å²) in [7, 11) is 0. The van der Waals surface area contributed by atoms with Gasteiger partial charge >= 0.3 is 0 Å². The van der Waals surface area contributed by atoms with Crippen LogP contribution in [-0.2, 0) is 10.5 Å². The van der Waals surface area contributed by atoms with E-state index in [4.69, 9.17) is 4.74 Å². The highest BCUT2D eigenvalue weighted by atomic mass is 32.2. The highest BCUT2D eigenvalue weighted by Gasteiger charge is 2.14. The molecule has 1 atom stereocenters. The van der Waals surface area contributed by atoms with Gasteiger partial charge in [0.2, 0.25) is 0 Å². The van der Waals surface area contributed by atoms with Crippen molar-refractivity contribution in [3.63, 3.8) is 0 Å². The molecule has 0 unspecified atom stereocenters. The van der Waals surface area contributed by atoms with Crippen molar-refractivity contribution in [1.29, 1.82) is 0 Å². The standard InChI is InChI=1S/C21H27NO2S/c1-15-9-10-20(13-17(15)3)24-18(4)21(23)22-11-12-25-14-19-8-6-5-7-16(19)2/h5-10,13,18H,11-12,14H2,1-4H3,(H,22,23)/t18-/m1/s1. The Balaban J connectivity index is 1.69. The maximum Gasteiger partial charge on any atom is 0.260 e. The number of rotatable bonds is 8. The molecule has 0 bridgehead atoms. The molecule has 3 nitrogen and oxygen atoms in total. The van der Waals surface area contributed by atoms with Crippen molar-refractivity contribution in [2.75, 3.05) is 12.3 Å². The van der Waals surface area contributed by atoms with Crippen molar-refractivity contribution >= 4 is 17.7 Å². The first-order chi connectivity index (χ1) is 12.0. The van der Waals surface area contributed by atoms with E-state index in [1.54, 1.807) is 6.92 Å². The molecule has 25 heavy (non-hydrogen) atoms. The maximum atomic E-state index is 12.1. The minimum absolute atomic E-state index is 0.0743. The molecular weight excluding hydrogens is 330 g/mol. The lowest BCUT2D eigenvalue weighted by molar-refractivity contribution is -0.127. The van der Waals surface area contributed by atoms with Crippen LogP contribution in [0.5, 0.6) is 5.75 Å². The Hall–Kier alpha value is -1.94. The van der Waals surface area contributed by atoms with Gasteiger partial charge in [-0.25, -0.2) is 0 Å². The van der Waals surface area contributed by atoms with E-state index in [1.807, 2.05) is 36.9 Å². The molecule has 0 saturated carbocycles. The van der Waals surface area contributed by atoms with E-state index in [2.05, 4.69) is 43.4 Å². The van der Waals surface area contributed by atoms with E-state index in [1.165, 1.54) is 16.7 Å². The number of thioether (sulfide) groups is 1. The minimum Gasteiger partial charge on any atom is -0.481 e. The van der Waals surface area contributed by atoms with Gasteiger partial charge in [-0.3, -0.25) is 4.79 Å². The van der Waals surface area contributed by atoms with Crippen LogP contribution in [0.2, 0.25) is 0 Å². The number of hydrogen-bond acceptors (Lipinski definition) is 3. The van der Waals surface area contributed by atoms with E-state index in [0.717, 1.165) is 22.8 Å². The summed E-state index contributed by atoms with van der Waals surface area (Å²) in [6.45, 7) is 8.66. The zero-order chi connectivity index (χ0) is 18.2. The molecule has 0 spiro atoms. The van der Waals surface area contributed by atoms with Gasteiger partial charge in [-0.05, 0) is 62.1 Å². The van der Waals surface area contributed by atoms with Crippen molar-refractivity contribution in [1.82, 2.24) is 5.32 Å². The highest BCUT2D eigenvalue weighted by molar-refractivity contribution is 7.98. The monoisotopic (exact) mass is 357 g/mol. The molecule has 0 radical (unpaired) electrons. The molecule has 0 saturated heterocycles. The van der Waals surface area contributed by atoms with E-state index in [9.17, 15) is 4.79 Å². The molecule has 1 N–H and O–H groups in total. The number of nitrogens with one attached hydrogen (secondary N) is 1. The maximum absolute atomic E-state index is 12.1. The molecule has 0 aliphatic carbocycles. The summed E-state index contributed by atoms with van der Waals surface area (Å²) >= 11 is 1.83. The molecule has 0 aliphatic rings. The third-order valence-corrected chi connectivity index (χ3v) is 5.23. The number of benzene rings is 2. The summed E-state index contributed by atoms with van der Waals surface area (Å²) in [4.78, 5) is 12.1. The summed E-state index contributed by atoms with van der Waals surface area (Å²) in [5.41, 5.74) is 5.05. The van der Waals surface area contributed by atoms with Crippen molar-refractivity contribution in [2.45, 2.75) is 39.6 Å². The topological polar surface area (TPSA) is 38.3 Å². The number of hydrogen-bond donors (Lipinski definition) is 1. The fraction of sp³-hybridized carbons (Fsp3) is 0.381. The second-order valence-electron chi connectivity index (χ2n) is 6.28. The first kappa shape index (κ1) is 19.4. The second-order valence-corrected chi connectivity index (χ2v) is 7.38. The first-order valence-corrected chi connectivity index (χ1v) is 9.76. The molecule has 0 aromatic heterocycles. The Morgan fingerprint density at radius 1 is 1.08 bits per heavy atom. The first-order valence-electron chi connectivity index (χ1n) is 8.61. The lowest BCUT2D eigenvalue weighted by Crippen LogP contribution is -2.37. The van der Waals surface area contributed by atoms with Crippen LogP contribution in [0, 0.1) is 20.8 Å². The highest BCUT2D eigenvalue weighted by Crippen LogP contribution is 2.18. The van der Waals surface area contributed by atoms with E-state index >= 15 is 0 Å². The summed E-state index contributed by atoms with van der Waals surface area (Å²) in [5.74, 6) is 2.52. The SMILES string of the molecule is Cc1ccc(O[C@H](C)C(=O)NCCSCc2ccccc2C)cc1C. The van der Waals surface area contributed by atoms with Gasteiger partial charge in [0, 0.05) is 18.1 Å². The normalized spacial score (nSPS) is 11.8. The third-order valence-electron chi connectivity index (χ3n) is 4.22. The summed E-state index contributed by atoms with van der Waals surface area (Å²) in [5, 5.41) is 2.94. The van der Waals surface area contributed by atoms with Gasteiger partial charge in [0.25, 0.3) is 5.91 Å². The molecule has 134 valence electrons. The van der Waals surface area contributed by atoms with Crippen molar-refractivity contribution in [3.05, 3.63) is 64.7 Å². The summed E-state index contributed by atoms with van der Waals surface area (Å²) in [6.07, 6.45) is -0.497. The number of ether oxygens (including phenoxy) is 1. The zero-order valence-electron chi connectivity index (χ0n) is 15.5.